The Labute approximate surface area is 120 Å². The minimum atomic E-state index is -1.36. The maximum atomic E-state index is 11.5. The molecule has 1 aromatic carbocycles. The lowest BCUT2D eigenvalue weighted by atomic mass is 10.2. The van der Waals surface area contributed by atoms with Crippen LogP contribution in [0.25, 0.3) is 0 Å². The van der Waals surface area contributed by atoms with Gasteiger partial charge in [-0.3, -0.25) is 4.79 Å². The number of carbonyl (C=O) groups is 3. The second kappa shape index (κ2) is 7.34. The van der Waals surface area contributed by atoms with Crippen LogP contribution in [-0.2, 0) is 16.1 Å². The summed E-state index contributed by atoms with van der Waals surface area (Å²) in [7, 11) is 0. The monoisotopic (exact) mass is 299 g/mol. The summed E-state index contributed by atoms with van der Waals surface area (Å²) >= 11 is 5.91. The number of hydrogen-bond donors (Lipinski definition) is 4. The van der Waals surface area contributed by atoms with Gasteiger partial charge in [-0.05, 0) is 11.6 Å². The molecule has 0 spiro atoms. The summed E-state index contributed by atoms with van der Waals surface area (Å²) in [4.78, 5) is 33.1. The van der Waals surface area contributed by atoms with Gasteiger partial charge in [-0.25, -0.2) is 9.59 Å². The Kier molecular flexibility index (Phi) is 5.79. The molecule has 1 rings (SSSR count). The Morgan fingerprint density at radius 3 is 2.50 bits per heavy atom. The summed E-state index contributed by atoms with van der Waals surface area (Å²) in [5.74, 6) is -2.15. The molecule has 20 heavy (non-hydrogen) atoms. The number of amides is 3. The van der Waals surface area contributed by atoms with E-state index in [1.807, 2.05) is 0 Å². The Morgan fingerprint density at radius 1 is 1.30 bits per heavy atom. The van der Waals surface area contributed by atoms with E-state index in [4.69, 9.17) is 22.4 Å². The second-order valence-corrected chi connectivity index (χ2v) is 4.39. The number of benzene rings is 1. The number of nitrogens with two attached hydrogens (primary N) is 1. The van der Waals surface area contributed by atoms with Crippen molar-refractivity contribution in [1.29, 1.82) is 0 Å². The van der Waals surface area contributed by atoms with E-state index in [0.717, 1.165) is 0 Å². The quantitative estimate of drug-likeness (QED) is 0.610. The molecule has 0 fully saturated rings. The summed E-state index contributed by atoms with van der Waals surface area (Å²) in [5, 5.41) is 13.9. The van der Waals surface area contributed by atoms with Crippen molar-refractivity contribution < 1.29 is 19.5 Å². The van der Waals surface area contributed by atoms with Crippen LogP contribution in [0.3, 0.4) is 0 Å². The van der Waals surface area contributed by atoms with Crippen LogP contribution in [0.4, 0.5) is 4.79 Å². The van der Waals surface area contributed by atoms with E-state index in [-0.39, 0.29) is 6.54 Å². The first-order chi connectivity index (χ1) is 9.40. The molecule has 3 amide bonds. The van der Waals surface area contributed by atoms with Gasteiger partial charge >= 0.3 is 12.0 Å². The van der Waals surface area contributed by atoms with Gasteiger partial charge in [-0.1, -0.05) is 29.8 Å². The smallest absolute Gasteiger partial charge is 0.326 e. The zero-order valence-electron chi connectivity index (χ0n) is 10.4. The topological polar surface area (TPSA) is 122 Å². The molecule has 1 aromatic rings. The lowest BCUT2D eigenvalue weighted by molar-refractivity contribution is -0.140. The van der Waals surface area contributed by atoms with Crippen LogP contribution in [0.1, 0.15) is 12.0 Å². The minimum Gasteiger partial charge on any atom is -0.480 e. The van der Waals surface area contributed by atoms with Gasteiger partial charge < -0.3 is 21.5 Å². The van der Waals surface area contributed by atoms with E-state index in [1.54, 1.807) is 24.3 Å². The number of aliphatic carboxylic acids is 1. The minimum absolute atomic E-state index is 0.133. The standard InChI is InChI=1S/C12H14ClN3O4/c13-8-4-2-1-3-7(8)6-15-12(20)16-9(11(18)19)5-10(14)17/h1-4,9H,5-6H2,(H2,14,17)(H,18,19)(H2,15,16,20)/t9-/m0/s1. The summed E-state index contributed by atoms with van der Waals surface area (Å²) in [6.07, 6.45) is -0.477. The van der Waals surface area contributed by atoms with Gasteiger partial charge in [-0.15, -0.1) is 0 Å². The molecule has 0 unspecified atom stereocenters. The average molecular weight is 300 g/mol. The molecule has 0 aliphatic rings. The number of carbonyl (C=O) groups excluding carboxylic acids is 2. The van der Waals surface area contributed by atoms with Gasteiger partial charge in [0.25, 0.3) is 0 Å². The Balaban J connectivity index is 2.52. The predicted molar refractivity (Wildman–Crippen MR) is 72.1 cm³/mol. The van der Waals surface area contributed by atoms with Crippen LogP contribution < -0.4 is 16.4 Å². The van der Waals surface area contributed by atoms with Gasteiger partial charge in [0.05, 0.1) is 6.42 Å². The first kappa shape index (κ1) is 15.8. The Hall–Kier alpha value is -2.28. The van der Waals surface area contributed by atoms with E-state index >= 15 is 0 Å². The fourth-order valence-corrected chi connectivity index (χ4v) is 1.63. The van der Waals surface area contributed by atoms with Crippen molar-refractivity contribution in [2.75, 3.05) is 0 Å². The zero-order valence-corrected chi connectivity index (χ0v) is 11.2. The van der Waals surface area contributed by atoms with Crippen LogP contribution in [0.2, 0.25) is 5.02 Å². The highest BCUT2D eigenvalue weighted by Gasteiger charge is 2.21. The average Bonchev–Trinajstić information content (AvgIpc) is 2.36. The number of hydrogen-bond acceptors (Lipinski definition) is 3. The van der Waals surface area contributed by atoms with Gasteiger partial charge in [0.1, 0.15) is 6.04 Å². The molecular formula is C12H14ClN3O4. The van der Waals surface area contributed by atoms with Crippen LogP contribution in [0.5, 0.6) is 0 Å². The van der Waals surface area contributed by atoms with Crippen molar-refractivity contribution >= 4 is 29.5 Å². The number of carboxylic acid groups (broad SMARTS) is 1. The molecule has 0 heterocycles. The largest absolute Gasteiger partial charge is 0.480 e. The highest BCUT2D eigenvalue weighted by Crippen LogP contribution is 2.14. The molecule has 0 saturated carbocycles. The Bertz CT molecular complexity index is 521. The molecule has 0 aromatic heterocycles. The van der Waals surface area contributed by atoms with Gasteiger partial charge in [0.15, 0.2) is 0 Å². The summed E-state index contributed by atoms with van der Waals surface area (Å²) < 4.78 is 0. The summed E-state index contributed by atoms with van der Waals surface area (Å²) in [6, 6.07) is 4.81. The van der Waals surface area contributed by atoms with Gasteiger partial charge in [0, 0.05) is 11.6 Å². The lowest BCUT2D eigenvalue weighted by Gasteiger charge is -2.14. The van der Waals surface area contributed by atoms with E-state index in [2.05, 4.69) is 10.6 Å². The molecule has 0 aliphatic heterocycles. The van der Waals surface area contributed by atoms with E-state index in [1.165, 1.54) is 0 Å². The number of halogens is 1. The van der Waals surface area contributed by atoms with Crippen molar-refractivity contribution in [2.45, 2.75) is 19.0 Å². The second-order valence-electron chi connectivity index (χ2n) is 3.98. The van der Waals surface area contributed by atoms with Crippen molar-refractivity contribution in [3.63, 3.8) is 0 Å². The van der Waals surface area contributed by atoms with E-state index in [0.29, 0.717) is 10.6 Å². The van der Waals surface area contributed by atoms with Crippen molar-refractivity contribution in [1.82, 2.24) is 10.6 Å². The molecular weight excluding hydrogens is 286 g/mol. The van der Waals surface area contributed by atoms with E-state index < -0.39 is 30.4 Å². The van der Waals surface area contributed by atoms with Crippen molar-refractivity contribution in [3.05, 3.63) is 34.9 Å². The summed E-state index contributed by atoms with van der Waals surface area (Å²) in [5.41, 5.74) is 5.59. The highest BCUT2D eigenvalue weighted by atomic mass is 35.5. The lowest BCUT2D eigenvalue weighted by Crippen LogP contribution is -2.47. The normalized spacial score (nSPS) is 11.4. The maximum Gasteiger partial charge on any atom is 0.326 e. The molecule has 0 radical (unpaired) electrons. The van der Waals surface area contributed by atoms with Crippen molar-refractivity contribution in [2.24, 2.45) is 5.73 Å². The van der Waals surface area contributed by atoms with Crippen molar-refractivity contribution in [3.8, 4) is 0 Å². The molecule has 8 heteroatoms. The van der Waals surface area contributed by atoms with Crippen LogP contribution in [0.15, 0.2) is 24.3 Å². The molecule has 0 aliphatic carbocycles. The highest BCUT2D eigenvalue weighted by molar-refractivity contribution is 6.31. The molecule has 108 valence electrons. The van der Waals surface area contributed by atoms with Gasteiger partial charge in [-0.2, -0.15) is 0 Å². The zero-order chi connectivity index (χ0) is 15.1. The van der Waals surface area contributed by atoms with Gasteiger partial charge in [0.2, 0.25) is 5.91 Å². The third-order valence-electron chi connectivity index (χ3n) is 2.41. The molecule has 5 N–H and O–H groups in total. The predicted octanol–water partition coefficient (Wildman–Crippen LogP) is 0.468. The SMILES string of the molecule is NC(=O)C[C@H](NC(=O)NCc1ccccc1Cl)C(=O)O. The third kappa shape index (κ3) is 5.15. The van der Waals surface area contributed by atoms with E-state index in [9.17, 15) is 14.4 Å². The number of nitrogens with one attached hydrogen (secondary N) is 2. The number of carboxylic acids is 1. The Morgan fingerprint density at radius 2 is 1.95 bits per heavy atom. The fraction of sp³-hybridized carbons (Fsp3) is 0.250. The molecule has 1 atom stereocenters. The number of primary amides is 1. The molecule has 7 nitrogen and oxygen atoms in total. The van der Waals surface area contributed by atoms with Crippen LogP contribution in [-0.4, -0.2) is 29.1 Å². The number of rotatable bonds is 6. The van der Waals surface area contributed by atoms with Crippen LogP contribution in [0, 0.1) is 0 Å². The molecule has 0 saturated heterocycles. The first-order valence-corrected chi connectivity index (χ1v) is 6.07. The van der Waals surface area contributed by atoms with Crippen LogP contribution >= 0.6 is 11.6 Å². The summed E-state index contributed by atoms with van der Waals surface area (Å²) in [6.45, 7) is 0.133. The number of urea groups is 1. The first-order valence-electron chi connectivity index (χ1n) is 5.69. The maximum absolute atomic E-state index is 11.5. The third-order valence-corrected chi connectivity index (χ3v) is 2.77. The fourth-order valence-electron chi connectivity index (χ4n) is 1.43. The molecule has 0 bridgehead atoms.